The topological polar surface area (TPSA) is 50.4 Å². The summed E-state index contributed by atoms with van der Waals surface area (Å²) in [7, 11) is 0. The van der Waals surface area contributed by atoms with Crippen LogP contribution in [0.3, 0.4) is 0 Å². The van der Waals surface area contributed by atoms with Crippen molar-refractivity contribution in [3.05, 3.63) is 71.1 Å². The molecule has 0 atom stereocenters. The van der Waals surface area contributed by atoms with Crippen molar-refractivity contribution in [1.29, 1.82) is 0 Å². The van der Waals surface area contributed by atoms with E-state index >= 15 is 0 Å². The van der Waals surface area contributed by atoms with Crippen LogP contribution in [0, 0.1) is 0 Å². The Morgan fingerprint density at radius 1 is 1.12 bits per heavy atom. The van der Waals surface area contributed by atoms with E-state index in [4.69, 9.17) is 16.0 Å². The van der Waals surface area contributed by atoms with Crippen molar-refractivity contribution in [3.63, 3.8) is 0 Å². The van der Waals surface area contributed by atoms with Gasteiger partial charge < -0.3 is 4.42 Å². The highest BCUT2D eigenvalue weighted by Crippen LogP contribution is 2.29. The van der Waals surface area contributed by atoms with Gasteiger partial charge in [0, 0.05) is 16.8 Å². The Morgan fingerprint density at radius 2 is 1.96 bits per heavy atom. The van der Waals surface area contributed by atoms with Crippen molar-refractivity contribution in [1.82, 2.24) is 4.98 Å². The maximum Gasteiger partial charge on any atom is 0.417 e. The maximum atomic E-state index is 12.4. The second-order valence-corrected chi connectivity index (χ2v) is 5.45. The second-order valence-electron chi connectivity index (χ2n) is 5.01. The lowest BCUT2D eigenvalue weighted by atomic mass is 10.2. The zero-order valence-corrected chi connectivity index (χ0v) is 13.3. The second kappa shape index (κ2) is 6.98. The molecular formula is C17H11ClF3N3O. The molecule has 0 radical (unpaired) electrons. The van der Waals surface area contributed by atoms with Crippen LogP contribution in [0.25, 0.3) is 11.3 Å². The summed E-state index contributed by atoms with van der Waals surface area (Å²) < 4.78 is 43.0. The lowest BCUT2D eigenvalue weighted by Gasteiger charge is -2.06. The molecule has 1 N–H and O–H groups in total. The van der Waals surface area contributed by atoms with Gasteiger partial charge in [0.1, 0.15) is 17.3 Å². The monoisotopic (exact) mass is 365 g/mol. The lowest BCUT2D eigenvalue weighted by molar-refractivity contribution is -0.137. The first-order chi connectivity index (χ1) is 11.9. The number of nitrogens with one attached hydrogen (secondary N) is 1. The number of furan rings is 1. The number of hydrazone groups is 1. The molecule has 4 nitrogen and oxygen atoms in total. The van der Waals surface area contributed by atoms with Gasteiger partial charge in [0.05, 0.1) is 11.8 Å². The van der Waals surface area contributed by atoms with Crippen molar-refractivity contribution in [2.75, 3.05) is 5.43 Å². The Kier molecular flexibility index (Phi) is 4.76. The van der Waals surface area contributed by atoms with Crippen molar-refractivity contribution in [3.8, 4) is 11.3 Å². The molecular weight excluding hydrogens is 355 g/mol. The zero-order valence-electron chi connectivity index (χ0n) is 12.6. The van der Waals surface area contributed by atoms with Gasteiger partial charge in [-0.1, -0.05) is 23.7 Å². The minimum Gasteiger partial charge on any atom is -0.455 e. The number of hydrogen-bond acceptors (Lipinski definition) is 4. The molecule has 3 rings (SSSR count). The number of nitrogens with zero attached hydrogens (tertiary/aromatic N) is 2. The van der Waals surface area contributed by atoms with Gasteiger partial charge in [0.2, 0.25) is 0 Å². The number of aromatic nitrogens is 1. The third kappa shape index (κ3) is 4.39. The van der Waals surface area contributed by atoms with E-state index in [0.29, 0.717) is 16.5 Å². The highest BCUT2D eigenvalue weighted by molar-refractivity contribution is 6.30. The van der Waals surface area contributed by atoms with Crippen molar-refractivity contribution < 1.29 is 17.6 Å². The highest BCUT2D eigenvalue weighted by Gasteiger charge is 2.30. The molecule has 0 bridgehead atoms. The lowest BCUT2D eigenvalue weighted by Crippen LogP contribution is -2.05. The normalized spacial score (nSPS) is 11.8. The molecule has 0 saturated carbocycles. The van der Waals surface area contributed by atoms with Gasteiger partial charge in [0.15, 0.2) is 0 Å². The number of alkyl halides is 3. The Bertz CT molecular complexity index is 889. The van der Waals surface area contributed by atoms with Crippen molar-refractivity contribution in [2.45, 2.75) is 6.18 Å². The number of rotatable bonds is 4. The molecule has 0 aliphatic heterocycles. The first-order valence-corrected chi connectivity index (χ1v) is 7.48. The summed E-state index contributed by atoms with van der Waals surface area (Å²) in [6.45, 7) is 0. The van der Waals surface area contributed by atoms with Crippen molar-refractivity contribution >= 4 is 23.6 Å². The maximum absolute atomic E-state index is 12.4. The summed E-state index contributed by atoms with van der Waals surface area (Å²) in [6.07, 6.45) is -2.28. The van der Waals surface area contributed by atoms with Crippen LogP contribution in [0.5, 0.6) is 0 Å². The number of halogens is 4. The Hall–Kier alpha value is -2.80. The summed E-state index contributed by atoms with van der Waals surface area (Å²) in [5.41, 5.74) is 2.54. The third-order valence-corrected chi connectivity index (χ3v) is 3.43. The number of anilines is 1. The SMILES string of the molecule is FC(F)(F)c1ccc(N/N=C\c2ccc(-c3cccc(Cl)c3)o2)nc1. The fourth-order valence-corrected chi connectivity index (χ4v) is 2.20. The molecule has 3 aromatic rings. The van der Waals surface area contributed by atoms with E-state index in [2.05, 4.69) is 15.5 Å². The highest BCUT2D eigenvalue weighted by atomic mass is 35.5. The van der Waals surface area contributed by atoms with Gasteiger partial charge >= 0.3 is 6.18 Å². The summed E-state index contributed by atoms with van der Waals surface area (Å²) in [4.78, 5) is 3.65. The molecule has 0 aliphatic carbocycles. The summed E-state index contributed by atoms with van der Waals surface area (Å²) in [6, 6.07) is 12.8. The van der Waals surface area contributed by atoms with E-state index in [-0.39, 0.29) is 5.82 Å². The standard InChI is InChI=1S/C17H11ClF3N3O/c18-13-3-1-2-11(8-13)15-6-5-14(25-15)10-23-24-16-7-4-12(9-22-16)17(19,20)21/h1-10H,(H,22,24)/b23-10-. The summed E-state index contributed by atoms with van der Waals surface area (Å²) in [5.74, 6) is 1.27. The molecule has 1 aromatic carbocycles. The van der Waals surface area contributed by atoms with Crippen LogP contribution in [0.4, 0.5) is 19.0 Å². The van der Waals surface area contributed by atoms with Gasteiger partial charge in [-0.05, 0) is 36.4 Å². The molecule has 0 unspecified atom stereocenters. The van der Waals surface area contributed by atoms with E-state index in [0.717, 1.165) is 17.8 Å². The van der Waals surface area contributed by atoms with Gasteiger partial charge in [-0.2, -0.15) is 18.3 Å². The average Bonchev–Trinajstić information content (AvgIpc) is 3.03. The summed E-state index contributed by atoms with van der Waals surface area (Å²) >= 11 is 5.94. The van der Waals surface area contributed by atoms with Crippen LogP contribution in [0.15, 0.2) is 64.2 Å². The van der Waals surface area contributed by atoms with Crippen LogP contribution in [-0.2, 0) is 6.18 Å². The molecule has 0 spiro atoms. The Labute approximate surface area is 146 Å². The molecule has 0 aliphatic rings. The fraction of sp³-hybridized carbons (Fsp3) is 0.0588. The number of benzene rings is 1. The van der Waals surface area contributed by atoms with Crippen LogP contribution >= 0.6 is 11.6 Å². The minimum absolute atomic E-state index is 0.186. The Morgan fingerprint density at radius 3 is 2.64 bits per heavy atom. The van der Waals surface area contributed by atoms with Gasteiger partial charge in [-0.15, -0.1) is 0 Å². The molecule has 0 saturated heterocycles. The third-order valence-electron chi connectivity index (χ3n) is 3.20. The largest absolute Gasteiger partial charge is 0.455 e. The first kappa shape index (κ1) is 17.0. The summed E-state index contributed by atoms with van der Waals surface area (Å²) in [5, 5.41) is 4.49. The van der Waals surface area contributed by atoms with Crippen LogP contribution in [-0.4, -0.2) is 11.2 Å². The quantitative estimate of drug-likeness (QED) is 0.493. The predicted octanol–water partition coefficient (Wildman–Crippen LogP) is 5.46. The molecule has 2 aromatic heterocycles. The first-order valence-electron chi connectivity index (χ1n) is 7.10. The molecule has 0 fully saturated rings. The van der Waals surface area contributed by atoms with Gasteiger partial charge in [0.25, 0.3) is 0 Å². The van der Waals surface area contributed by atoms with Gasteiger partial charge in [-0.25, -0.2) is 4.98 Å². The minimum atomic E-state index is -4.42. The zero-order chi connectivity index (χ0) is 17.9. The van der Waals surface area contributed by atoms with Crippen molar-refractivity contribution in [2.24, 2.45) is 5.10 Å². The fourth-order valence-electron chi connectivity index (χ4n) is 2.01. The molecule has 0 amide bonds. The van der Waals surface area contributed by atoms with Crippen LogP contribution < -0.4 is 5.43 Å². The van der Waals surface area contributed by atoms with Crippen LogP contribution in [0.2, 0.25) is 5.02 Å². The number of hydrogen-bond donors (Lipinski definition) is 1. The average molecular weight is 366 g/mol. The van der Waals surface area contributed by atoms with E-state index in [9.17, 15) is 13.2 Å². The molecule has 25 heavy (non-hydrogen) atoms. The van der Waals surface area contributed by atoms with E-state index in [1.165, 1.54) is 12.3 Å². The molecule has 128 valence electrons. The molecule has 8 heteroatoms. The molecule has 2 heterocycles. The predicted molar refractivity (Wildman–Crippen MR) is 89.6 cm³/mol. The Balaban J connectivity index is 1.65. The van der Waals surface area contributed by atoms with E-state index < -0.39 is 11.7 Å². The smallest absolute Gasteiger partial charge is 0.417 e. The number of pyridine rings is 1. The van der Waals surface area contributed by atoms with E-state index in [1.54, 1.807) is 24.3 Å². The van der Waals surface area contributed by atoms with Crippen LogP contribution in [0.1, 0.15) is 11.3 Å². The van der Waals surface area contributed by atoms with E-state index in [1.807, 2.05) is 12.1 Å². The van der Waals surface area contributed by atoms with Gasteiger partial charge in [-0.3, -0.25) is 5.43 Å².